The zero-order valence-electron chi connectivity index (χ0n) is 9.78. The maximum atomic E-state index is 11.7. The van der Waals surface area contributed by atoms with E-state index < -0.39 is 0 Å². The number of oxime groups is 1. The first-order valence-corrected chi connectivity index (χ1v) is 6.16. The highest BCUT2D eigenvalue weighted by atomic mass is 32.1. The average Bonchev–Trinajstić information content (AvgIpc) is 2.95. The summed E-state index contributed by atoms with van der Waals surface area (Å²) in [5.74, 6) is -0.178. The van der Waals surface area contributed by atoms with E-state index in [1.165, 1.54) is 0 Å². The normalized spacial score (nSPS) is 11.3. The molecule has 1 amide bonds. The summed E-state index contributed by atoms with van der Waals surface area (Å²) < 4.78 is 3.62. The molecule has 98 valence electrons. The number of anilines is 1. The number of aromatic nitrogens is 2. The number of amides is 1. The van der Waals surface area contributed by atoms with E-state index in [1.807, 2.05) is 0 Å². The molecule has 0 unspecified atom stereocenters. The predicted molar refractivity (Wildman–Crippen MR) is 71.4 cm³/mol. The molecule has 0 aliphatic rings. The molecule has 0 radical (unpaired) electrons. The third-order valence-electron chi connectivity index (χ3n) is 2.32. The third-order valence-corrected chi connectivity index (χ3v) is 2.82. The Balaban J connectivity index is 2.01. The van der Waals surface area contributed by atoms with E-state index in [0.717, 1.165) is 17.1 Å². The number of hydrogen-bond acceptors (Lipinski definition) is 6. The zero-order chi connectivity index (χ0) is 13.7. The molecular formula is C11H11N5O2S. The van der Waals surface area contributed by atoms with Crippen molar-refractivity contribution >= 4 is 29.0 Å². The van der Waals surface area contributed by atoms with Crippen molar-refractivity contribution in [2.75, 3.05) is 5.32 Å². The minimum atomic E-state index is -0.307. The van der Waals surface area contributed by atoms with Crippen molar-refractivity contribution in [2.45, 2.75) is 6.42 Å². The van der Waals surface area contributed by atoms with Crippen LogP contribution in [0.5, 0.6) is 0 Å². The van der Waals surface area contributed by atoms with Crippen LogP contribution in [0, 0.1) is 0 Å². The minimum Gasteiger partial charge on any atom is -0.409 e. The van der Waals surface area contributed by atoms with Crippen LogP contribution in [0.2, 0.25) is 0 Å². The molecule has 0 bridgehead atoms. The van der Waals surface area contributed by atoms with Gasteiger partial charge in [0.05, 0.1) is 0 Å². The van der Waals surface area contributed by atoms with Crippen molar-refractivity contribution in [1.82, 2.24) is 9.59 Å². The van der Waals surface area contributed by atoms with Crippen molar-refractivity contribution < 1.29 is 10.0 Å². The number of carbonyl (C=O) groups is 1. The SMILES string of the molecule is NC(Cc1ccc(NC(=O)c2csnn2)cc1)=NO. The van der Waals surface area contributed by atoms with Crippen LogP contribution < -0.4 is 11.1 Å². The summed E-state index contributed by atoms with van der Waals surface area (Å²) in [5, 5.41) is 19.3. The topological polar surface area (TPSA) is 113 Å². The monoisotopic (exact) mass is 277 g/mol. The molecule has 7 nitrogen and oxygen atoms in total. The number of nitrogens with two attached hydrogens (primary N) is 1. The molecule has 0 atom stereocenters. The number of rotatable bonds is 4. The number of nitrogens with zero attached hydrogens (tertiary/aromatic N) is 3. The van der Waals surface area contributed by atoms with Gasteiger partial charge in [0.15, 0.2) is 5.69 Å². The van der Waals surface area contributed by atoms with E-state index in [1.54, 1.807) is 29.6 Å². The second kappa shape index (κ2) is 5.91. The molecule has 19 heavy (non-hydrogen) atoms. The summed E-state index contributed by atoms with van der Waals surface area (Å²) in [6, 6.07) is 7.04. The molecule has 0 aliphatic carbocycles. The van der Waals surface area contributed by atoms with Crippen molar-refractivity contribution in [2.24, 2.45) is 10.9 Å². The molecule has 1 heterocycles. The molecule has 0 fully saturated rings. The van der Waals surface area contributed by atoms with Crippen LogP contribution in [0.15, 0.2) is 34.8 Å². The number of carbonyl (C=O) groups excluding carboxylic acids is 1. The maximum absolute atomic E-state index is 11.7. The lowest BCUT2D eigenvalue weighted by Gasteiger charge is -2.04. The van der Waals surface area contributed by atoms with Gasteiger partial charge in [0, 0.05) is 17.5 Å². The van der Waals surface area contributed by atoms with E-state index in [0.29, 0.717) is 12.1 Å². The van der Waals surface area contributed by atoms with Gasteiger partial charge in [-0.1, -0.05) is 21.8 Å². The van der Waals surface area contributed by atoms with Crippen LogP contribution in [-0.4, -0.2) is 26.5 Å². The highest BCUT2D eigenvalue weighted by Crippen LogP contribution is 2.11. The van der Waals surface area contributed by atoms with Crippen LogP contribution in [0.1, 0.15) is 16.1 Å². The maximum Gasteiger partial charge on any atom is 0.277 e. The van der Waals surface area contributed by atoms with Crippen LogP contribution >= 0.6 is 11.5 Å². The van der Waals surface area contributed by atoms with Gasteiger partial charge in [0.25, 0.3) is 5.91 Å². The summed E-state index contributed by atoms with van der Waals surface area (Å²) in [6.45, 7) is 0. The highest BCUT2D eigenvalue weighted by Gasteiger charge is 2.08. The van der Waals surface area contributed by atoms with Gasteiger partial charge in [-0.15, -0.1) is 5.10 Å². The molecule has 4 N–H and O–H groups in total. The Morgan fingerprint density at radius 2 is 2.16 bits per heavy atom. The summed E-state index contributed by atoms with van der Waals surface area (Å²) in [7, 11) is 0. The van der Waals surface area contributed by atoms with Gasteiger partial charge >= 0.3 is 0 Å². The quantitative estimate of drug-likeness (QED) is 0.335. The Morgan fingerprint density at radius 1 is 1.42 bits per heavy atom. The fourth-order valence-corrected chi connectivity index (χ4v) is 1.85. The van der Waals surface area contributed by atoms with Crippen LogP contribution in [-0.2, 0) is 6.42 Å². The summed E-state index contributed by atoms with van der Waals surface area (Å²) >= 11 is 1.12. The van der Waals surface area contributed by atoms with Gasteiger partial charge in [-0.2, -0.15) is 0 Å². The van der Waals surface area contributed by atoms with Crippen molar-refractivity contribution in [3.8, 4) is 0 Å². The number of benzene rings is 1. The van der Waals surface area contributed by atoms with Crippen LogP contribution in [0.25, 0.3) is 0 Å². The second-order valence-electron chi connectivity index (χ2n) is 3.71. The molecule has 0 spiro atoms. The largest absolute Gasteiger partial charge is 0.409 e. The first-order valence-electron chi connectivity index (χ1n) is 5.33. The Kier molecular flexibility index (Phi) is 4.04. The zero-order valence-corrected chi connectivity index (χ0v) is 10.6. The van der Waals surface area contributed by atoms with Gasteiger partial charge in [-0.25, -0.2) is 0 Å². The lowest BCUT2D eigenvalue weighted by Crippen LogP contribution is -2.15. The summed E-state index contributed by atoms with van der Waals surface area (Å²) in [5.41, 5.74) is 7.21. The molecule has 1 aromatic heterocycles. The van der Waals surface area contributed by atoms with Crippen molar-refractivity contribution in [3.63, 3.8) is 0 Å². The third kappa shape index (κ3) is 3.49. The Labute approximate surface area is 112 Å². The number of amidine groups is 1. The van der Waals surface area contributed by atoms with Gasteiger partial charge in [-0.05, 0) is 29.2 Å². The summed E-state index contributed by atoms with van der Waals surface area (Å²) in [4.78, 5) is 11.7. The Morgan fingerprint density at radius 3 is 2.74 bits per heavy atom. The van der Waals surface area contributed by atoms with Gasteiger partial charge in [-0.3, -0.25) is 4.79 Å². The van der Waals surface area contributed by atoms with E-state index in [4.69, 9.17) is 10.9 Å². The van der Waals surface area contributed by atoms with Gasteiger partial charge < -0.3 is 16.3 Å². The molecule has 0 saturated heterocycles. The molecule has 8 heteroatoms. The van der Waals surface area contributed by atoms with Crippen molar-refractivity contribution in [3.05, 3.63) is 40.9 Å². The minimum absolute atomic E-state index is 0.130. The fourth-order valence-electron chi connectivity index (χ4n) is 1.41. The van der Waals surface area contributed by atoms with E-state index in [2.05, 4.69) is 20.1 Å². The standard InChI is InChI=1S/C11H11N5O2S/c12-10(15-18)5-7-1-3-8(4-2-7)13-11(17)9-6-19-16-14-9/h1-4,6,18H,5H2,(H2,12,15)(H,13,17). The molecule has 0 saturated carbocycles. The first kappa shape index (κ1) is 13.0. The van der Waals surface area contributed by atoms with Gasteiger partial charge in [0.2, 0.25) is 0 Å². The molecule has 2 rings (SSSR count). The van der Waals surface area contributed by atoms with E-state index in [9.17, 15) is 4.79 Å². The van der Waals surface area contributed by atoms with Gasteiger partial charge in [0.1, 0.15) is 5.84 Å². The lowest BCUT2D eigenvalue weighted by molar-refractivity contribution is 0.102. The molecule has 2 aromatic rings. The van der Waals surface area contributed by atoms with E-state index >= 15 is 0 Å². The van der Waals surface area contributed by atoms with Crippen molar-refractivity contribution in [1.29, 1.82) is 0 Å². The van der Waals surface area contributed by atoms with Crippen LogP contribution in [0.4, 0.5) is 5.69 Å². The first-order chi connectivity index (χ1) is 9.19. The molecule has 0 aliphatic heterocycles. The predicted octanol–water partition coefficient (Wildman–Crippen LogP) is 1.08. The highest BCUT2D eigenvalue weighted by molar-refractivity contribution is 7.03. The Hall–Kier alpha value is -2.48. The molecule has 1 aromatic carbocycles. The average molecular weight is 277 g/mol. The second-order valence-corrected chi connectivity index (χ2v) is 4.32. The number of nitrogens with one attached hydrogen (secondary N) is 1. The lowest BCUT2D eigenvalue weighted by atomic mass is 10.1. The summed E-state index contributed by atoms with van der Waals surface area (Å²) in [6.07, 6.45) is 0.348. The molecular weight excluding hydrogens is 266 g/mol. The fraction of sp³-hybridized carbons (Fsp3) is 0.0909. The number of hydrogen-bond donors (Lipinski definition) is 3. The smallest absolute Gasteiger partial charge is 0.277 e. The van der Waals surface area contributed by atoms with Crippen LogP contribution in [0.3, 0.4) is 0 Å². The Bertz CT molecular complexity index is 580. The van der Waals surface area contributed by atoms with E-state index in [-0.39, 0.29) is 17.4 Å².